The van der Waals surface area contributed by atoms with Gasteiger partial charge in [0, 0.05) is 22.5 Å². The van der Waals surface area contributed by atoms with Crippen LogP contribution in [0.4, 0.5) is 0 Å². The van der Waals surface area contributed by atoms with Crippen molar-refractivity contribution in [1.29, 1.82) is 0 Å². The van der Waals surface area contributed by atoms with Crippen molar-refractivity contribution in [2.45, 2.75) is 50.3 Å². The highest BCUT2D eigenvalue weighted by molar-refractivity contribution is 9.08. The van der Waals surface area contributed by atoms with Crippen molar-refractivity contribution in [3.05, 3.63) is 17.0 Å². The Morgan fingerprint density at radius 3 is 2.71 bits per heavy atom. The Hall–Kier alpha value is -0.310. The number of hydrogen-bond donors (Lipinski definition) is 1. The normalized spacial score (nSPS) is 17.9. The topological polar surface area (TPSA) is 28.7 Å². The lowest BCUT2D eigenvalue weighted by molar-refractivity contribution is 0.688. The van der Waals surface area contributed by atoms with Crippen LogP contribution >= 0.6 is 15.9 Å². The average molecular weight is 257 g/mol. The van der Waals surface area contributed by atoms with Crippen LogP contribution in [0.25, 0.3) is 0 Å². The van der Waals surface area contributed by atoms with Crippen LogP contribution in [-0.4, -0.2) is 10.2 Å². The molecule has 0 saturated heterocycles. The molecule has 1 aromatic heterocycles. The van der Waals surface area contributed by atoms with E-state index in [1.165, 1.54) is 42.6 Å². The zero-order valence-electron chi connectivity index (χ0n) is 8.65. The third kappa shape index (κ3) is 1.74. The van der Waals surface area contributed by atoms with Crippen molar-refractivity contribution >= 4 is 15.9 Å². The van der Waals surface area contributed by atoms with Gasteiger partial charge in [0.05, 0.1) is 5.69 Å². The van der Waals surface area contributed by atoms with Gasteiger partial charge in [0.25, 0.3) is 0 Å². The molecule has 0 aliphatic heterocycles. The van der Waals surface area contributed by atoms with Gasteiger partial charge >= 0.3 is 0 Å². The van der Waals surface area contributed by atoms with E-state index in [2.05, 4.69) is 33.1 Å². The largest absolute Gasteiger partial charge is 0.282 e. The minimum Gasteiger partial charge on any atom is -0.282 e. The standard InChI is InChI=1S/C11H17BrN2/c1-2-10-9(7-12)11(14-13-10)8-5-3-4-6-8/h8H,2-7H2,1H3,(H,13,14). The fourth-order valence-electron chi connectivity index (χ4n) is 2.40. The molecule has 14 heavy (non-hydrogen) atoms. The lowest BCUT2D eigenvalue weighted by Crippen LogP contribution is -1.97. The molecule has 0 unspecified atom stereocenters. The minimum atomic E-state index is 0.721. The highest BCUT2D eigenvalue weighted by Crippen LogP contribution is 2.36. The number of alkyl halides is 1. The molecule has 1 heterocycles. The number of aryl methyl sites for hydroxylation is 1. The Labute approximate surface area is 93.6 Å². The molecule has 1 saturated carbocycles. The van der Waals surface area contributed by atoms with Crippen LogP contribution in [0.5, 0.6) is 0 Å². The molecule has 0 amide bonds. The number of nitrogens with one attached hydrogen (secondary N) is 1. The quantitative estimate of drug-likeness (QED) is 0.824. The molecule has 0 spiro atoms. The summed E-state index contributed by atoms with van der Waals surface area (Å²) in [4.78, 5) is 0. The number of H-pyrrole nitrogens is 1. The Balaban J connectivity index is 2.27. The molecule has 2 rings (SSSR count). The van der Waals surface area contributed by atoms with Crippen molar-refractivity contribution in [3.8, 4) is 0 Å². The van der Waals surface area contributed by atoms with Gasteiger partial charge in [-0.2, -0.15) is 5.10 Å². The fourth-order valence-corrected chi connectivity index (χ4v) is 3.02. The number of hydrogen-bond acceptors (Lipinski definition) is 1. The maximum Gasteiger partial charge on any atom is 0.0696 e. The molecule has 1 fully saturated rings. The molecule has 0 atom stereocenters. The second-order valence-electron chi connectivity index (χ2n) is 4.03. The van der Waals surface area contributed by atoms with Gasteiger partial charge in [-0.15, -0.1) is 0 Å². The molecule has 1 N–H and O–H groups in total. The van der Waals surface area contributed by atoms with Crippen LogP contribution < -0.4 is 0 Å². The molecule has 1 aliphatic rings. The second kappa shape index (κ2) is 4.47. The van der Waals surface area contributed by atoms with Crippen molar-refractivity contribution in [1.82, 2.24) is 10.2 Å². The summed E-state index contributed by atoms with van der Waals surface area (Å²) >= 11 is 3.57. The van der Waals surface area contributed by atoms with E-state index >= 15 is 0 Å². The van der Waals surface area contributed by atoms with Crippen LogP contribution in [0.2, 0.25) is 0 Å². The highest BCUT2D eigenvalue weighted by atomic mass is 79.9. The number of nitrogens with zero attached hydrogens (tertiary/aromatic N) is 1. The zero-order chi connectivity index (χ0) is 9.97. The third-order valence-corrected chi connectivity index (χ3v) is 3.77. The van der Waals surface area contributed by atoms with Crippen LogP contribution in [0.3, 0.4) is 0 Å². The van der Waals surface area contributed by atoms with E-state index in [4.69, 9.17) is 0 Å². The second-order valence-corrected chi connectivity index (χ2v) is 4.60. The van der Waals surface area contributed by atoms with E-state index in [9.17, 15) is 0 Å². The number of halogens is 1. The summed E-state index contributed by atoms with van der Waals surface area (Å²) in [7, 11) is 0. The smallest absolute Gasteiger partial charge is 0.0696 e. The first-order valence-corrected chi connectivity index (χ1v) is 6.61. The summed E-state index contributed by atoms with van der Waals surface area (Å²) < 4.78 is 0. The third-order valence-electron chi connectivity index (χ3n) is 3.21. The molecule has 78 valence electrons. The predicted octanol–water partition coefficient (Wildman–Crippen LogP) is 3.52. The average Bonchev–Trinajstić information content (AvgIpc) is 2.85. The molecule has 1 aliphatic carbocycles. The minimum absolute atomic E-state index is 0.721. The Morgan fingerprint density at radius 2 is 2.14 bits per heavy atom. The van der Waals surface area contributed by atoms with Gasteiger partial charge in [-0.3, -0.25) is 5.10 Å². The lowest BCUT2D eigenvalue weighted by atomic mass is 9.99. The van der Waals surface area contributed by atoms with Gasteiger partial charge in [0.15, 0.2) is 0 Å². The van der Waals surface area contributed by atoms with E-state index in [0.29, 0.717) is 0 Å². The van der Waals surface area contributed by atoms with E-state index in [-0.39, 0.29) is 0 Å². The molecule has 0 aromatic carbocycles. The van der Waals surface area contributed by atoms with Crippen molar-refractivity contribution in [2.24, 2.45) is 0 Å². The van der Waals surface area contributed by atoms with Crippen LogP contribution in [0.1, 0.15) is 55.5 Å². The number of aromatic amines is 1. The Kier molecular flexibility index (Phi) is 3.26. The summed E-state index contributed by atoms with van der Waals surface area (Å²) in [6.07, 6.45) is 6.46. The Morgan fingerprint density at radius 1 is 1.43 bits per heavy atom. The van der Waals surface area contributed by atoms with Crippen molar-refractivity contribution in [2.75, 3.05) is 0 Å². The summed E-state index contributed by atoms with van der Waals surface area (Å²) in [6, 6.07) is 0. The Bertz CT molecular complexity index is 300. The molecular formula is C11H17BrN2. The lowest BCUT2D eigenvalue weighted by Gasteiger charge is -2.07. The predicted molar refractivity (Wildman–Crippen MR) is 61.8 cm³/mol. The SMILES string of the molecule is CCc1[nH]nc(C2CCCC2)c1CBr. The van der Waals surface area contributed by atoms with Crippen LogP contribution in [0, 0.1) is 0 Å². The monoisotopic (exact) mass is 256 g/mol. The summed E-state index contributed by atoms with van der Waals surface area (Å²) in [5.74, 6) is 0.721. The van der Waals surface area contributed by atoms with E-state index in [1.807, 2.05) is 0 Å². The van der Waals surface area contributed by atoms with E-state index in [0.717, 1.165) is 17.7 Å². The first-order chi connectivity index (χ1) is 6.86. The molecule has 0 bridgehead atoms. The summed E-state index contributed by atoms with van der Waals surface area (Å²) in [5, 5.41) is 8.60. The molecule has 3 heteroatoms. The first kappa shape index (κ1) is 10.2. The van der Waals surface area contributed by atoms with Gasteiger partial charge in [0.1, 0.15) is 0 Å². The molecule has 2 nitrogen and oxygen atoms in total. The van der Waals surface area contributed by atoms with Crippen LogP contribution in [0.15, 0.2) is 0 Å². The maximum atomic E-state index is 4.48. The summed E-state index contributed by atoms with van der Waals surface area (Å²) in [5.41, 5.74) is 4.06. The summed E-state index contributed by atoms with van der Waals surface area (Å²) in [6.45, 7) is 2.18. The number of aromatic nitrogens is 2. The van der Waals surface area contributed by atoms with Crippen molar-refractivity contribution in [3.63, 3.8) is 0 Å². The van der Waals surface area contributed by atoms with Crippen molar-refractivity contribution < 1.29 is 0 Å². The molecule has 1 aromatic rings. The van der Waals surface area contributed by atoms with Gasteiger partial charge in [0.2, 0.25) is 0 Å². The molecule has 0 radical (unpaired) electrons. The van der Waals surface area contributed by atoms with Gasteiger partial charge in [-0.1, -0.05) is 35.7 Å². The van der Waals surface area contributed by atoms with Gasteiger partial charge in [-0.25, -0.2) is 0 Å². The maximum absolute atomic E-state index is 4.48. The fraction of sp³-hybridized carbons (Fsp3) is 0.727. The van der Waals surface area contributed by atoms with E-state index < -0.39 is 0 Å². The first-order valence-electron chi connectivity index (χ1n) is 5.48. The van der Waals surface area contributed by atoms with Gasteiger partial charge < -0.3 is 0 Å². The van der Waals surface area contributed by atoms with Crippen LogP contribution in [-0.2, 0) is 11.8 Å². The molecular weight excluding hydrogens is 240 g/mol. The van der Waals surface area contributed by atoms with E-state index in [1.54, 1.807) is 0 Å². The number of rotatable bonds is 3. The highest BCUT2D eigenvalue weighted by Gasteiger charge is 2.23. The van der Waals surface area contributed by atoms with Gasteiger partial charge in [-0.05, 0) is 19.3 Å². The zero-order valence-corrected chi connectivity index (χ0v) is 10.2.